The van der Waals surface area contributed by atoms with E-state index in [-0.39, 0.29) is 28.0 Å². The molecule has 0 unspecified atom stereocenters. The highest BCUT2D eigenvalue weighted by Gasteiger charge is 2.19. The molecule has 0 atom stereocenters. The first-order chi connectivity index (χ1) is 13.8. The lowest BCUT2D eigenvalue weighted by Gasteiger charge is -2.13. The molecule has 0 amide bonds. The molecule has 4 rings (SSSR count). The number of rotatable bonds is 2. The number of benzene rings is 1. The zero-order chi connectivity index (χ0) is 20.9. The summed E-state index contributed by atoms with van der Waals surface area (Å²) in [7, 11) is 0. The minimum atomic E-state index is -0.702. The van der Waals surface area contributed by atoms with Crippen LogP contribution >= 0.6 is 0 Å². The van der Waals surface area contributed by atoms with Crippen molar-refractivity contribution in [3.05, 3.63) is 90.1 Å². The van der Waals surface area contributed by atoms with Crippen LogP contribution in [0.4, 0.5) is 5.69 Å². The van der Waals surface area contributed by atoms with Gasteiger partial charge in [0, 0.05) is 18.3 Å². The molecule has 142 valence electrons. The molecule has 0 aliphatic heterocycles. The van der Waals surface area contributed by atoms with Crippen molar-refractivity contribution in [2.24, 2.45) is 0 Å². The molecule has 0 spiro atoms. The molecule has 0 fully saturated rings. The van der Waals surface area contributed by atoms with Crippen LogP contribution in [0.1, 0.15) is 16.7 Å². The fourth-order valence-corrected chi connectivity index (χ4v) is 3.22. The van der Waals surface area contributed by atoms with Gasteiger partial charge in [-0.15, -0.1) is 0 Å². The first kappa shape index (κ1) is 18.1. The van der Waals surface area contributed by atoms with Gasteiger partial charge >= 0.3 is 0 Å². The summed E-state index contributed by atoms with van der Waals surface area (Å²) < 4.78 is 2.44. The van der Waals surface area contributed by atoms with Gasteiger partial charge in [-0.1, -0.05) is 12.1 Å². The first-order valence-corrected chi connectivity index (χ1v) is 8.56. The van der Waals surface area contributed by atoms with Crippen LogP contribution in [0.2, 0.25) is 0 Å². The molecule has 0 radical (unpaired) electrons. The number of nitro benzene ring substituents is 1. The molecule has 4 aromatic rings. The van der Waals surface area contributed by atoms with Crippen molar-refractivity contribution in [1.29, 1.82) is 5.26 Å². The topological polar surface area (TPSA) is 123 Å². The lowest BCUT2D eigenvalue weighted by atomic mass is 10.1. The quantitative estimate of drug-likeness (QED) is 0.296. The molecule has 0 aliphatic carbocycles. The number of nitriles is 1. The number of fused-ring (bicyclic) bond motifs is 2. The molecule has 0 saturated heterocycles. The average molecular weight is 387 g/mol. The Morgan fingerprint density at radius 2 is 1.86 bits per heavy atom. The predicted octanol–water partition coefficient (Wildman–Crippen LogP) is 2.40. The van der Waals surface area contributed by atoms with E-state index in [1.807, 2.05) is 6.92 Å². The Kier molecular flexibility index (Phi) is 3.98. The van der Waals surface area contributed by atoms with Gasteiger partial charge < -0.3 is 0 Å². The number of pyridine rings is 2. The van der Waals surface area contributed by atoms with Gasteiger partial charge in [-0.2, -0.15) is 5.26 Å². The van der Waals surface area contributed by atoms with E-state index in [1.54, 1.807) is 31.3 Å². The van der Waals surface area contributed by atoms with Crippen LogP contribution in [-0.4, -0.2) is 18.9 Å². The van der Waals surface area contributed by atoms with E-state index in [4.69, 9.17) is 0 Å². The van der Waals surface area contributed by atoms with E-state index in [2.05, 4.69) is 4.98 Å². The maximum atomic E-state index is 13.1. The monoisotopic (exact) mass is 387 g/mol. The Morgan fingerprint density at radius 1 is 1.10 bits per heavy atom. The van der Waals surface area contributed by atoms with Gasteiger partial charge in [0.15, 0.2) is 5.65 Å². The lowest BCUT2D eigenvalue weighted by molar-refractivity contribution is -0.384. The van der Waals surface area contributed by atoms with E-state index in [0.29, 0.717) is 11.2 Å². The third-order valence-electron chi connectivity index (χ3n) is 4.68. The van der Waals surface area contributed by atoms with E-state index >= 15 is 0 Å². The molecule has 29 heavy (non-hydrogen) atoms. The zero-order valence-corrected chi connectivity index (χ0v) is 15.4. The molecular weight excluding hydrogens is 374 g/mol. The van der Waals surface area contributed by atoms with Crippen molar-refractivity contribution in [2.75, 3.05) is 0 Å². The van der Waals surface area contributed by atoms with Gasteiger partial charge in [0.2, 0.25) is 0 Å². The third kappa shape index (κ3) is 2.74. The first-order valence-electron chi connectivity index (χ1n) is 8.56. The van der Waals surface area contributed by atoms with Gasteiger partial charge in [0.1, 0.15) is 17.3 Å². The summed E-state index contributed by atoms with van der Waals surface area (Å²) in [6.45, 7) is 3.50. The Balaban J connectivity index is 2.25. The second-order valence-electron chi connectivity index (χ2n) is 6.63. The highest BCUT2D eigenvalue weighted by Crippen LogP contribution is 2.23. The second kappa shape index (κ2) is 6.38. The largest absolute Gasteiger partial charge is 0.274 e. The Hall–Kier alpha value is -4.32. The molecule has 0 aliphatic rings. The number of nitro groups is 1. The highest BCUT2D eigenvalue weighted by atomic mass is 16.6. The second-order valence-corrected chi connectivity index (χ2v) is 6.63. The molecule has 0 N–H and O–H groups in total. The zero-order valence-electron chi connectivity index (χ0n) is 15.4. The molecule has 3 heterocycles. The van der Waals surface area contributed by atoms with Crippen LogP contribution in [0.3, 0.4) is 0 Å². The summed E-state index contributed by atoms with van der Waals surface area (Å²) in [5, 5.41) is 20.7. The van der Waals surface area contributed by atoms with Crippen molar-refractivity contribution in [2.45, 2.75) is 13.8 Å². The fourth-order valence-electron chi connectivity index (χ4n) is 3.22. The number of non-ortho nitro benzene ring substituents is 1. The van der Waals surface area contributed by atoms with Crippen molar-refractivity contribution in [1.82, 2.24) is 14.0 Å². The van der Waals surface area contributed by atoms with Crippen molar-refractivity contribution >= 4 is 22.4 Å². The minimum absolute atomic E-state index is 0.0338. The van der Waals surface area contributed by atoms with Crippen molar-refractivity contribution < 1.29 is 4.92 Å². The van der Waals surface area contributed by atoms with Crippen LogP contribution in [0.5, 0.6) is 0 Å². The SMILES string of the molecule is Cc1ccc2nc3c(cc(C#N)c(=O)n3-c3cc([N+](=O)[O-])ccc3C)c(=O)n2c1. The van der Waals surface area contributed by atoms with Crippen LogP contribution in [0, 0.1) is 35.3 Å². The number of aromatic nitrogens is 3. The van der Waals surface area contributed by atoms with Crippen molar-refractivity contribution in [3.63, 3.8) is 0 Å². The van der Waals surface area contributed by atoms with Gasteiger partial charge in [0.25, 0.3) is 16.8 Å². The van der Waals surface area contributed by atoms with E-state index in [1.165, 1.54) is 28.7 Å². The normalized spacial score (nSPS) is 10.9. The summed E-state index contributed by atoms with van der Waals surface area (Å²) in [6.07, 6.45) is 1.62. The Labute approximate surface area is 162 Å². The van der Waals surface area contributed by atoms with Gasteiger partial charge in [-0.05, 0) is 37.1 Å². The molecule has 1 aromatic carbocycles. The van der Waals surface area contributed by atoms with Crippen LogP contribution in [0.25, 0.3) is 22.4 Å². The smallest absolute Gasteiger partial charge is 0.268 e. The number of nitrogens with zero attached hydrogens (tertiary/aromatic N) is 5. The van der Waals surface area contributed by atoms with Crippen LogP contribution in [0.15, 0.2) is 52.2 Å². The number of hydrogen-bond acceptors (Lipinski definition) is 6. The molecular formula is C20H13N5O4. The average Bonchev–Trinajstić information content (AvgIpc) is 2.69. The molecule has 0 saturated carbocycles. The lowest BCUT2D eigenvalue weighted by Crippen LogP contribution is -2.27. The van der Waals surface area contributed by atoms with Crippen LogP contribution in [-0.2, 0) is 0 Å². The Bertz CT molecular complexity index is 1510. The number of aryl methyl sites for hydroxylation is 2. The summed E-state index contributed by atoms with van der Waals surface area (Å²) >= 11 is 0. The fraction of sp³-hybridized carbons (Fsp3) is 0.100. The summed E-state index contributed by atoms with van der Waals surface area (Å²) in [6, 6.07) is 10.5. The molecule has 9 nitrogen and oxygen atoms in total. The van der Waals surface area contributed by atoms with Gasteiger partial charge in [0.05, 0.1) is 16.0 Å². The summed E-state index contributed by atoms with van der Waals surface area (Å²) in [4.78, 5) is 41.1. The summed E-state index contributed by atoms with van der Waals surface area (Å²) in [5.74, 6) is 0. The molecule has 9 heteroatoms. The standard InChI is InChI=1S/C20H13N5O4/c1-11-3-6-17-22-18-15(20(27)23(17)10-11)7-13(9-21)19(26)24(18)16-8-14(25(28)29)5-4-12(16)2/h3-8,10H,1-2H3. The van der Waals surface area contributed by atoms with E-state index in [0.717, 1.165) is 10.1 Å². The van der Waals surface area contributed by atoms with Gasteiger partial charge in [-0.3, -0.25) is 28.7 Å². The third-order valence-corrected chi connectivity index (χ3v) is 4.68. The summed E-state index contributed by atoms with van der Waals surface area (Å²) in [5.41, 5.74) is 0.310. The van der Waals surface area contributed by atoms with E-state index < -0.39 is 16.0 Å². The molecule has 3 aromatic heterocycles. The maximum absolute atomic E-state index is 13.1. The van der Waals surface area contributed by atoms with Gasteiger partial charge in [-0.25, -0.2) is 4.98 Å². The van der Waals surface area contributed by atoms with Crippen molar-refractivity contribution in [3.8, 4) is 11.8 Å². The highest BCUT2D eigenvalue weighted by molar-refractivity contribution is 5.80. The predicted molar refractivity (Wildman–Crippen MR) is 105 cm³/mol. The maximum Gasteiger partial charge on any atom is 0.274 e. The number of hydrogen-bond donors (Lipinski definition) is 0. The minimum Gasteiger partial charge on any atom is -0.268 e. The van der Waals surface area contributed by atoms with Crippen LogP contribution < -0.4 is 11.1 Å². The Morgan fingerprint density at radius 3 is 2.55 bits per heavy atom. The van der Waals surface area contributed by atoms with E-state index in [9.17, 15) is 25.0 Å². The molecule has 0 bridgehead atoms.